The molecule has 132 valence electrons. The van der Waals surface area contributed by atoms with Gasteiger partial charge in [0.15, 0.2) is 0 Å². The summed E-state index contributed by atoms with van der Waals surface area (Å²) >= 11 is 0. The van der Waals surface area contributed by atoms with Gasteiger partial charge < -0.3 is 9.64 Å². The van der Waals surface area contributed by atoms with Crippen LogP contribution in [0.3, 0.4) is 0 Å². The van der Waals surface area contributed by atoms with E-state index in [1.54, 1.807) is 31.2 Å². The second-order valence-corrected chi connectivity index (χ2v) is 5.53. The number of halogens is 2. The van der Waals surface area contributed by atoms with E-state index >= 15 is 0 Å². The lowest BCUT2D eigenvalue weighted by atomic mass is 10.1. The predicted octanol–water partition coefficient (Wildman–Crippen LogP) is 3.48. The third-order valence-corrected chi connectivity index (χ3v) is 3.61. The smallest absolute Gasteiger partial charge is 0.325 e. The molecule has 0 spiro atoms. The Bertz CT molecular complexity index is 763. The van der Waals surface area contributed by atoms with Crippen molar-refractivity contribution in [1.29, 1.82) is 0 Å². The summed E-state index contributed by atoms with van der Waals surface area (Å²) in [6, 6.07) is 10.8. The molecule has 0 atom stereocenters. The molecule has 6 heteroatoms. The highest BCUT2D eigenvalue weighted by molar-refractivity contribution is 5.96. The van der Waals surface area contributed by atoms with Gasteiger partial charge in [0.25, 0.3) is 5.91 Å². The van der Waals surface area contributed by atoms with Gasteiger partial charge in [0.05, 0.1) is 12.2 Å². The van der Waals surface area contributed by atoms with Crippen molar-refractivity contribution >= 4 is 11.9 Å². The molecule has 0 unspecified atom stereocenters. The number of amides is 1. The largest absolute Gasteiger partial charge is 0.465 e. The van der Waals surface area contributed by atoms with E-state index in [0.29, 0.717) is 6.07 Å². The number of carbonyl (C=O) groups excluding carboxylic acids is 2. The Balaban J connectivity index is 2.31. The minimum Gasteiger partial charge on any atom is -0.465 e. The maximum Gasteiger partial charge on any atom is 0.325 e. The second-order valence-electron chi connectivity index (χ2n) is 5.53. The molecule has 0 aliphatic heterocycles. The molecule has 2 rings (SSSR count). The monoisotopic (exact) mass is 347 g/mol. The summed E-state index contributed by atoms with van der Waals surface area (Å²) in [4.78, 5) is 25.7. The summed E-state index contributed by atoms with van der Waals surface area (Å²) < 4.78 is 32.4. The summed E-state index contributed by atoms with van der Waals surface area (Å²) in [5, 5.41) is 0. The highest BCUT2D eigenvalue weighted by atomic mass is 19.1. The molecule has 0 bridgehead atoms. The first kappa shape index (κ1) is 18.6. The molecule has 0 aliphatic rings. The average Bonchev–Trinajstić information content (AvgIpc) is 2.58. The summed E-state index contributed by atoms with van der Waals surface area (Å²) in [5.41, 5.74) is 0.652. The minimum absolute atomic E-state index is 0.106. The zero-order chi connectivity index (χ0) is 18.4. The van der Waals surface area contributed by atoms with Gasteiger partial charge >= 0.3 is 5.97 Å². The standard InChI is InChI=1S/C19H19F2NO3/c1-3-25-18(23)12-22(11-14-7-5-4-6-8-14)19(24)15-9-13(2)16(20)10-17(15)21/h4-10H,3,11-12H2,1-2H3. The van der Waals surface area contributed by atoms with E-state index in [4.69, 9.17) is 4.74 Å². The average molecular weight is 347 g/mol. The highest BCUT2D eigenvalue weighted by Gasteiger charge is 2.23. The molecule has 2 aromatic rings. The number of hydrogen-bond donors (Lipinski definition) is 0. The van der Waals surface area contributed by atoms with E-state index in [1.807, 2.05) is 6.07 Å². The predicted molar refractivity (Wildman–Crippen MR) is 88.9 cm³/mol. The van der Waals surface area contributed by atoms with E-state index in [-0.39, 0.29) is 30.8 Å². The van der Waals surface area contributed by atoms with Gasteiger partial charge in [0.2, 0.25) is 0 Å². The molecule has 2 aromatic carbocycles. The first-order valence-corrected chi connectivity index (χ1v) is 7.86. The van der Waals surface area contributed by atoms with Gasteiger partial charge in [-0.2, -0.15) is 0 Å². The number of benzene rings is 2. The lowest BCUT2D eigenvalue weighted by molar-refractivity contribution is -0.143. The third-order valence-electron chi connectivity index (χ3n) is 3.61. The first-order valence-electron chi connectivity index (χ1n) is 7.86. The van der Waals surface area contributed by atoms with Crippen LogP contribution in [0.1, 0.15) is 28.4 Å². The Kier molecular flexibility index (Phi) is 6.22. The van der Waals surface area contributed by atoms with Gasteiger partial charge in [0, 0.05) is 12.6 Å². The number of aryl methyl sites for hydroxylation is 1. The molecule has 0 fully saturated rings. The van der Waals surface area contributed by atoms with Crippen molar-refractivity contribution < 1.29 is 23.1 Å². The van der Waals surface area contributed by atoms with Gasteiger partial charge in [-0.05, 0) is 31.0 Å². The molecule has 0 saturated carbocycles. The SMILES string of the molecule is CCOC(=O)CN(Cc1ccccc1)C(=O)c1cc(C)c(F)cc1F. The van der Waals surface area contributed by atoms with Crippen LogP contribution in [0.4, 0.5) is 8.78 Å². The number of esters is 1. The Morgan fingerprint density at radius 2 is 1.76 bits per heavy atom. The molecule has 0 N–H and O–H groups in total. The molecule has 25 heavy (non-hydrogen) atoms. The van der Waals surface area contributed by atoms with Crippen molar-refractivity contribution in [3.63, 3.8) is 0 Å². The number of nitrogens with zero attached hydrogens (tertiary/aromatic N) is 1. The number of rotatable bonds is 6. The fraction of sp³-hybridized carbons (Fsp3) is 0.263. The molecule has 0 aliphatic carbocycles. The molecule has 0 heterocycles. The van der Waals surface area contributed by atoms with E-state index in [1.165, 1.54) is 11.8 Å². The zero-order valence-electron chi connectivity index (χ0n) is 14.1. The van der Waals surface area contributed by atoms with Crippen molar-refractivity contribution in [3.8, 4) is 0 Å². The van der Waals surface area contributed by atoms with Crippen LogP contribution in [0.5, 0.6) is 0 Å². The fourth-order valence-electron chi connectivity index (χ4n) is 2.36. The van der Waals surface area contributed by atoms with Crippen molar-refractivity contribution in [1.82, 2.24) is 4.90 Å². The molecule has 0 radical (unpaired) electrons. The molecule has 4 nitrogen and oxygen atoms in total. The van der Waals surface area contributed by atoms with Crippen molar-refractivity contribution in [2.45, 2.75) is 20.4 Å². The van der Waals surface area contributed by atoms with E-state index in [9.17, 15) is 18.4 Å². The Labute approximate surface area is 145 Å². The Morgan fingerprint density at radius 3 is 2.40 bits per heavy atom. The van der Waals surface area contributed by atoms with Crippen LogP contribution in [0.25, 0.3) is 0 Å². The molecule has 0 saturated heterocycles. The van der Waals surface area contributed by atoms with Gasteiger partial charge in [0.1, 0.15) is 18.2 Å². The van der Waals surface area contributed by atoms with Crippen LogP contribution < -0.4 is 0 Å². The van der Waals surface area contributed by atoms with E-state index in [0.717, 1.165) is 11.6 Å². The first-order chi connectivity index (χ1) is 11.9. The van der Waals surface area contributed by atoms with Crippen molar-refractivity contribution in [2.75, 3.05) is 13.2 Å². The summed E-state index contributed by atoms with van der Waals surface area (Å²) in [6.07, 6.45) is 0. The zero-order valence-corrected chi connectivity index (χ0v) is 14.1. The minimum atomic E-state index is -0.963. The fourth-order valence-corrected chi connectivity index (χ4v) is 2.36. The number of hydrogen-bond acceptors (Lipinski definition) is 3. The third kappa shape index (κ3) is 4.86. The van der Waals surface area contributed by atoms with Gasteiger partial charge in [-0.25, -0.2) is 8.78 Å². The number of ether oxygens (including phenoxy) is 1. The van der Waals surface area contributed by atoms with Crippen LogP contribution in [-0.2, 0) is 16.1 Å². The second kappa shape index (κ2) is 8.37. The highest BCUT2D eigenvalue weighted by Crippen LogP contribution is 2.17. The van der Waals surface area contributed by atoms with Crippen LogP contribution in [-0.4, -0.2) is 29.9 Å². The van der Waals surface area contributed by atoms with E-state index in [2.05, 4.69) is 0 Å². The lowest BCUT2D eigenvalue weighted by Crippen LogP contribution is -2.36. The van der Waals surface area contributed by atoms with Crippen molar-refractivity contribution in [2.24, 2.45) is 0 Å². The summed E-state index contributed by atoms with van der Waals surface area (Å²) in [7, 11) is 0. The van der Waals surface area contributed by atoms with Crippen LogP contribution in [0.2, 0.25) is 0 Å². The quantitative estimate of drug-likeness (QED) is 0.752. The molecule has 0 aromatic heterocycles. The van der Waals surface area contributed by atoms with Crippen LogP contribution in [0.15, 0.2) is 42.5 Å². The number of carbonyl (C=O) groups is 2. The maximum absolute atomic E-state index is 14.1. The van der Waals surface area contributed by atoms with Crippen LogP contribution >= 0.6 is 0 Å². The molecular weight excluding hydrogens is 328 g/mol. The Hall–Kier alpha value is -2.76. The molecule has 1 amide bonds. The topological polar surface area (TPSA) is 46.6 Å². The van der Waals surface area contributed by atoms with Gasteiger partial charge in [-0.3, -0.25) is 9.59 Å². The van der Waals surface area contributed by atoms with Crippen LogP contribution in [0, 0.1) is 18.6 Å². The van der Waals surface area contributed by atoms with Gasteiger partial charge in [-0.15, -0.1) is 0 Å². The van der Waals surface area contributed by atoms with Crippen molar-refractivity contribution in [3.05, 3.63) is 70.8 Å². The van der Waals surface area contributed by atoms with E-state index < -0.39 is 23.5 Å². The normalized spacial score (nSPS) is 10.4. The summed E-state index contributed by atoms with van der Waals surface area (Å²) in [5.74, 6) is -2.98. The Morgan fingerprint density at radius 1 is 1.08 bits per heavy atom. The van der Waals surface area contributed by atoms with Gasteiger partial charge in [-0.1, -0.05) is 30.3 Å². The summed E-state index contributed by atoms with van der Waals surface area (Å²) in [6.45, 7) is 3.06. The maximum atomic E-state index is 14.1. The molecular formula is C19H19F2NO3. The lowest BCUT2D eigenvalue weighted by Gasteiger charge is -2.22.